The van der Waals surface area contributed by atoms with Gasteiger partial charge in [-0.1, -0.05) is 6.07 Å². The molecule has 0 aliphatic heterocycles. The van der Waals surface area contributed by atoms with Gasteiger partial charge in [0.25, 0.3) is 10.1 Å². The van der Waals surface area contributed by atoms with Gasteiger partial charge in [-0.3, -0.25) is 4.55 Å². The molecular weight excluding hydrogens is 346 g/mol. The van der Waals surface area contributed by atoms with Crippen LogP contribution in [0.25, 0.3) is 0 Å². The monoisotopic (exact) mass is 363 g/mol. The number of azo groups is 1. The summed E-state index contributed by atoms with van der Waals surface area (Å²) in [6, 6.07) is 8.33. The van der Waals surface area contributed by atoms with E-state index in [4.69, 9.17) is 5.73 Å². The number of nitrogens with one attached hydrogen (secondary N) is 2. The van der Waals surface area contributed by atoms with Crippen molar-refractivity contribution in [2.24, 2.45) is 16.0 Å². The van der Waals surface area contributed by atoms with E-state index in [0.717, 1.165) is 5.56 Å². The first-order chi connectivity index (χ1) is 11.7. The number of hydrogen-bond donors (Lipinski definition) is 4. The molecule has 2 aromatic carbocycles. The molecular formula is C15H17N5O4S. The average molecular weight is 363 g/mol. The van der Waals surface area contributed by atoms with E-state index >= 15 is 0 Å². The maximum Gasteiger partial charge on any atom is 0.316 e. The Morgan fingerprint density at radius 1 is 1.12 bits per heavy atom. The molecule has 0 unspecified atom stereocenters. The highest BCUT2D eigenvalue weighted by Gasteiger charge is 2.15. The molecule has 0 saturated carbocycles. The molecule has 0 atom stereocenters. The van der Waals surface area contributed by atoms with Crippen LogP contribution in [-0.4, -0.2) is 26.0 Å². The first kappa shape index (κ1) is 18.4. The van der Waals surface area contributed by atoms with E-state index in [9.17, 15) is 17.8 Å². The van der Waals surface area contributed by atoms with Crippen LogP contribution in [0.3, 0.4) is 0 Å². The highest BCUT2D eigenvalue weighted by Crippen LogP contribution is 2.32. The number of carbonyl (C=O) groups is 1. The quantitative estimate of drug-likeness (QED) is 0.476. The predicted octanol–water partition coefficient (Wildman–Crippen LogP) is 3.19. The summed E-state index contributed by atoms with van der Waals surface area (Å²) >= 11 is 0. The van der Waals surface area contributed by atoms with Gasteiger partial charge in [-0.2, -0.15) is 8.42 Å². The van der Waals surface area contributed by atoms with E-state index < -0.39 is 16.1 Å². The third-order valence-electron chi connectivity index (χ3n) is 3.20. The highest BCUT2D eigenvalue weighted by molar-refractivity contribution is 7.86. The van der Waals surface area contributed by atoms with Crippen molar-refractivity contribution in [3.8, 4) is 0 Å². The SMILES string of the molecule is CNc1ccc(N=Nc2cc(C)ccc2S(=O)(=O)O)c(NC(N)=O)c1. The Morgan fingerprint density at radius 2 is 1.80 bits per heavy atom. The lowest BCUT2D eigenvalue weighted by molar-refractivity contribution is 0.259. The van der Waals surface area contributed by atoms with Crippen LogP contribution in [0, 0.1) is 6.92 Å². The maximum atomic E-state index is 11.4. The molecule has 0 aliphatic rings. The van der Waals surface area contributed by atoms with E-state index in [1.807, 2.05) is 0 Å². The Bertz CT molecular complexity index is 941. The molecule has 0 radical (unpaired) electrons. The average Bonchev–Trinajstić information content (AvgIpc) is 2.51. The molecule has 2 amide bonds. The largest absolute Gasteiger partial charge is 0.388 e. The number of nitrogens with zero attached hydrogens (tertiary/aromatic N) is 2. The summed E-state index contributed by atoms with van der Waals surface area (Å²) in [4.78, 5) is 10.8. The molecule has 0 bridgehead atoms. The van der Waals surface area contributed by atoms with Crippen LogP contribution in [-0.2, 0) is 10.1 Å². The second kappa shape index (κ2) is 7.28. The minimum atomic E-state index is -4.45. The predicted molar refractivity (Wildman–Crippen MR) is 94.4 cm³/mol. The standard InChI is InChI=1S/C15H17N5O4S/c1-9-3-6-14(25(22,23)24)13(7-9)20-19-11-5-4-10(17-2)8-12(11)18-15(16)21/h3-8,17H,1-2H3,(H3,16,18,21)(H,22,23,24). The summed E-state index contributed by atoms with van der Waals surface area (Å²) in [6.45, 7) is 1.74. The van der Waals surface area contributed by atoms with Crippen LogP contribution in [0.4, 0.5) is 27.5 Å². The third kappa shape index (κ3) is 4.75. The summed E-state index contributed by atoms with van der Waals surface area (Å²) in [5.74, 6) is 0. The number of urea groups is 1. The normalized spacial score (nSPS) is 11.5. The van der Waals surface area contributed by atoms with Gasteiger partial charge in [-0.05, 0) is 42.8 Å². The molecule has 0 fully saturated rings. The number of amides is 2. The van der Waals surface area contributed by atoms with Gasteiger partial charge in [0, 0.05) is 12.7 Å². The smallest absolute Gasteiger partial charge is 0.316 e. The van der Waals surface area contributed by atoms with Crippen molar-refractivity contribution in [2.75, 3.05) is 17.7 Å². The van der Waals surface area contributed by atoms with Crippen LogP contribution >= 0.6 is 0 Å². The fourth-order valence-electron chi connectivity index (χ4n) is 2.04. The summed E-state index contributed by atoms with van der Waals surface area (Å²) in [6.07, 6.45) is 0. The Kier molecular flexibility index (Phi) is 5.35. The number of rotatable bonds is 5. The van der Waals surface area contributed by atoms with Gasteiger partial charge < -0.3 is 16.4 Å². The van der Waals surface area contributed by atoms with E-state index in [-0.39, 0.29) is 16.3 Å². The van der Waals surface area contributed by atoms with Crippen LogP contribution in [0.1, 0.15) is 5.56 Å². The molecule has 0 aromatic heterocycles. The third-order valence-corrected chi connectivity index (χ3v) is 4.10. The molecule has 0 heterocycles. The van der Waals surface area contributed by atoms with Crippen molar-refractivity contribution in [1.29, 1.82) is 0 Å². The Labute approximate surface area is 144 Å². The minimum absolute atomic E-state index is 0.0229. The summed E-state index contributed by atoms with van der Waals surface area (Å²) in [5.41, 5.74) is 7.12. The zero-order valence-corrected chi connectivity index (χ0v) is 14.3. The first-order valence-corrected chi connectivity index (χ1v) is 8.53. The molecule has 2 rings (SSSR count). The molecule has 0 spiro atoms. The molecule has 0 saturated heterocycles. The summed E-state index contributed by atoms with van der Waals surface area (Å²) in [7, 11) is -2.74. The zero-order valence-electron chi connectivity index (χ0n) is 13.5. The van der Waals surface area contributed by atoms with E-state index in [2.05, 4.69) is 20.9 Å². The number of carbonyl (C=O) groups excluding carboxylic acids is 1. The van der Waals surface area contributed by atoms with Gasteiger partial charge in [-0.15, -0.1) is 10.2 Å². The van der Waals surface area contributed by atoms with E-state index in [1.165, 1.54) is 18.2 Å². The maximum absolute atomic E-state index is 11.4. The Morgan fingerprint density at radius 3 is 2.40 bits per heavy atom. The molecule has 0 aliphatic carbocycles. The van der Waals surface area contributed by atoms with Crippen molar-refractivity contribution >= 4 is 38.9 Å². The zero-order chi connectivity index (χ0) is 18.6. The van der Waals surface area contributed by atoms with Crippen LogP contribution < -0.4 is 16.4 Å². The van der Waals surface area contributed by atoms with Gasteiger partial charge >= 0.3 is 6.03 Å². The van der Waals surface area contributed by atoms with Crippen molar-refractivity contribution in [3.63, 3.8) is 0 Å². The van der Waals surface area contributed by atoms with Crippen LogP contribution in [0.2, 0.25) is 0 Å². The van der Waals surface area contributed by atoms with Crippen molar-refractivity contribution < 1.29 is 17.8 Å². The van der Waals surface area contributed by atoms with Gasteiger partial charge in [0.1, 0.15) is 16.3 Å². The molecule has 25 heavy (non-hydrogen) atoms. The molecule has 10 heteroatoms. The second-order valence-corrected chi connectivity index (χ2v) is 6.51. The fraction of sp³-hybridized carbons (Fsp3) is 0.133. The van der Waals surface area contributed by atoms with E-state index in [0.29, 0.717) is 11.4 Å². The minimum Gasteiger partial charge on any atom is -0.388 e. The molecule has 132 valence electrons. The summed E-state index contributed by atoms with van der Waals surface area (Å²) < 4.78 is 32.2. The molecule has 9 nitrogen and oxygen atoms in total. The van der Waals surface area contributed by atoms with Gasteiger partial charge in [-0.25, -0.2) is 4.79 Å². The van der Waals surface area contributed by atoms with Crippen molar-refractivity contribution in [2.45, 2.75) is 11.8 Å². The topological polar surface area (TPSA) is 146 Å². The number of nitrogens with two attached hydrogens (primary N) is 1. The summed E-state index contributed by atoms with van der Waals surface area (Å²) in [5, 5.41) is 13.2. The Hall–Kier alpha value is -2.98. The van der Waals surface area contributed by atoms with Gasteiger partial charge in [0.2, 0.25) is 0 Å². The van der Waals surface area contributed by atoms with Crippen LogP contribution in [0.15, 0.2) is 51.5 Å². The number of anilines is 2. The lowest BCUT2D eigenvalue weighted by Gasteiger charge is -2.08. The number of hydrogen-bond acceptors (Lipinski definition) is 6. The van der Waals surface area contributed by atoms with E-state index in [1.54, 1.807) is 32.2 Å². The van der Waals surface area contributed by atoms with Crippen molar-refractivity contribution in [3.05, 3.63) is 42.0 Å². The first-order valence-electron chi connectivity index (χ1n) is 7.09. The second-order valence-electron chi connectivity index (χ2n) is 5.12. The van der Waals surface area contributed by atoms with Crippen LogP contribution in [0.5, 0.6) is 0 Å². The molecule has 2 aromatic rings. The number of benzene rings is 2. The Balaban J connectivity index is 2.49. The molecule has 5 N–H and O–H groups in total. The fourth-order valence-corrected chi connectivity index (χ4v) is 2.65. The number of aryl methyl sites for hydroxylation is 1. The number of primary amides is 1. The van der Waals surface area contributed by atoms with Crippen molar-refractivity contribution in [1.82, 2.24) is 0 Å². The lowest BCUT2D eigenvalue weighted by atomic mass is 10.2. The lowest BCUT2D eigenvalue weighted by Crippen LogP contribution is -2.19. The van der Waals surface area contributed by atoms with Gasteiger partial charge in [0.15, 0.2) is 0 Å². The van der Waals surface area contributed by atoms with Gasteiger partial charge in [0.05, 0.1) is 5.69 Å². The highest BCUT2D eigenvalue weighted by atomic mass is 32.2.